The summed E-state index contributed by atoms with van der Waals surface area (Å²) < 4.78 is 15.1. The van der Waals surface area contributed by atoms with Crippen LogP contribution in [-0.2, 0) is 29.3 Å². The second kappa shape index (κ2) is 16.3. The van der Waals surface area contributed by atoms with Gasteiger partial charge < -0.3 is 20.4 Å². The highest BCUT2D eigenvalue weighted by atomic mass is 35.5. The topological polar surface area (TPSA) is 88.5 Å². The van der Waals surface area contributed by atoms with Crippen LogP contribution in [0.3, 0.4) is 0 Å². The number of hydrogen-bond donors (Lipinski definition) is 3. The molecule has 0 radical (unpaired) electrons. The fourth-order valence-electron chi connectivity index (χ4n) is 9.23. The Hall–Kier alpha value is -2.11. The summed E-state index contributed by atoms with van der Waals surface area (Å²) in [5.41, 5.74) is 2.78. The van der Waals surface area contributed by atoms with E-state index in [2.05, 4.69) is 76.0 Å². The second-order valence-electron chi connectivity index (χ2n) is 16.7. The van der Waals surface area contributed by atoms with E-state index in [1.807, 2.05) is 12.1 Å². The number of nitrogens with one attached hydrogen (secondary N) is 1. The molecule has 50 heavy (non-hydrogen) atoms. The number of rotatable bonds is 15. The molecule has 2 aromatic rings. The molecule has 3 aliphatic carbocycles. The third-order valence-electron chi connectivity index (χ3n) is 12.0. The van der Waals surface area contributed by atoms with Crippen molar-refractivity contribution in [1.82, 2.24) is 20.2 Å². The Bertz CT molecular complexity index is 1430. The van der Waals surface area contributed by atoms with Crippen molar-refractivity contribution in [3.8, 4) is 0 Å². The van der Waals surface area contributed by atoms with Gasteiger partial charge in [0.05, 0.1) is 19.3 Å². The van der Waals surface area contributed by atoms with Crippen molar-refractivity contribution in [2.24, 2.45) is 35.0 Å². The summed E-state index contributed by atoms with van der Waals surface area (Å²) in [4.78, 5) is 24.9. The van der Waals surface area contributed by atoms with Crippen molar-refractivity contribution < 1.29 is 24.2 Å². The van der Waals surface area contributed by atoms with E-state index in [1.54, 1.807) is 24.1 Å². The summed E-state index contributed by atoms with van der Waals surface area (Å²) in [6.45, 7) is 14.8. The van der Waals surface area contributed by atoms with Crippen LogP contribution in [0.5, 0.6) is 0 Å². The first kappa shape index (κ1) is 39.1. The number of nitrogens with zero attached hydrogens (tertiary/aromatic N) is 3. The summed E-state index contributed by atoms with van der Waals surface area (Å²) >= 11 is 6.54. The molecule has 8 nitrogen and oxygen atoms in total. The van der Waals surface area contributed by atoms with Crippen LogP contribution in [0.4, 0.5) is 4.39 Å². The average Bonchev–Trinajstić information content (AvgIpc) is 3.41. The van der Waals surface area contributed by atoms with Gasteiger partial charge in [-0.15, -0.1) is 0 Å². The highest BCUT2D eigenvalue weighted by Gasteiger charge is 2.57. The molecule has 0 spiro atoms. The maximum Gasteiger partial charge on any atom is 0.240 e. The van der Waals surface area contributed by atoms with Crippen molar-refractivity contribution >= 4 is 17.5 Å². The Labute approximate surface area is 304 Å². The van der Waals surface area contributed by atoms with Gasteiger partial charge in [0, 0.05) is 48.2 Å². The molecule has 3 N–H and O–H groups in total. The van der Waals surface area contributed by atoms with Gasteiger partial charge in [-0.05, 0) is 92.6 Å². The molecule has 9 atom stereocenters. The smallest absolute Gasteiger partial charge is 0.240 e. The van der Waals surface area contributed by atoms with Crippen molar-refractivity contribution in [2.45, 2.75) is 111 Å². The van der Waals surface area contributed by atoms with Gasteiger partial charge >= 0.3 is 0 Å². The zero-order valence-electron chi connectivity index (χ0n) is 31.3. The van der Waals surface area contributed by atoms with Crippen molar-refractivity contribution in [2.75, 3.05) is 27.2 Å². The lowest BCUT2D eigenvalue weighted by Crippen LogP contribution is -2.62. The molecule has 4 fully saturated rings. The molecule has 1 aliphatic heterocycles. The molecule has 278 valence electrons. The number of hydroxylamine groups is 2. The number of aliphatic hydroxyl groups is 2. The Kier molecular flexibility index (Phi) is 12.7. The number of carbonyl (C=O) groups excluding carboxylic acids is 1. The molecule has 2 aromatic carbocycles. The predicted octanol–water partition coefficient (Wildman–Crippen LogP) is 6.12. The number of halogens is 2. The fourth-order valence-corrected chi connectivity index (χ4v) is 9.45. The lowest BCUT2D eigenvalue weighted by Gasteiger charge is -2.62. The van der Waals surface area contributed by atoms with Crippen molar-refractivity contribution in [1.29, 1.82) is 0 Å². The third kappa shape index (κ3) is 8.57. The highest BCUT2D eigenvalue weighted by Crippen LogP contribution is 2.61. The van der Waals surface area contributed by atoms with E-state index in [9.17, 15) is 15.0 Å². The van der Waals surface area contributed by atoms with Gasteiger partial charge in [0.15, 0.2) is 0 Å². The Morgan fingerprint density at radius 2 is 1.82 bits per heavy atom. The number of hydrogen-bond acceptors (Lipinski definition) is 7. The number of benzene rings is 2. The Balaban J connectivity index is 1.38. The van der Waals surface area contributed by atoms with E-state index in [4.69, 9.17) is 16.4 Å². The number of aliphatic hydroxyl groups excluding tert-OH is 2. The van der Waals surface area contributed by atoms with Crippen LogP contribution < -0.4 is 5.32 Å². The standard InChI is InChI=1S/C40H60ClFN4O4/c1-24(2)15-30(21-44(7)8)45(22-31-33(41)13-10-14-34(31)42)19-27-11-9-12-28(16-27)20-46-38(37(26(4)48)36(23-47)50-46)39(49)43-35-18-29-17-32(25(35)3)40(29,5)6/h9-14,16,24-26,29-30,32,35-38,47-48H,15,17-23H2,1-8H3,(H,43,49)/t25-,26+,29?,30+,32?,35+,36+,37-,38+/m1/s1. The van der Waals surface area contributed by atoms with E-state index >= 15 is 4.39 Å². The lowest BCUT2D eigenvalue weighted by atomic mass is 9.45. The second-order valence-corrected chi connectivity index (χ2v) is 17.1. The molecule has 1 heterocycles. The molecule has 0 aromatic heterocycles. The van der Waals surface area contributed by atoms with Gasteiger partial charge in [0.1, 0.15) is 18.0 Å². The normalized spacial score (nSPS) is 29.0. The van der Waals surface area contributed by atoms with E-state index in [0.717, 1.165) is 30.5 Å². The minimum Gasteiger partial charge on any atom is -0.394 e. The highest BCUT2D eigenvalue weighted by molar-refractivity contribution is 6.31. The SMILES string of the molecule is CC(C)C[C@@H](CN(C)C)N(Cc1cccc(CN2O[C@@H](CO)[C@@H]([C@H](C)O)[C@H]2C(=O)N[C@H]2CC3CC([C@H]2C)C3(C)C)c1)Cc1c(F)cccc1Cl. The van der Waals surface area contributed by atoms with E-state index in [-0.39, 0.29) is 30.4 Å². The predicted molar refractivity (Wildman–Crippen MR) is 196 cm³/mol. The van der Waals surface area contributed by atoms with Gasteiger partial charge in [-0.2, -0.15) is 5.06 Å². The molecule has 10 heteroatoms. The Morgan fingerprint density at radius 3 is 2.42 bits per heavy atom. The summed E-state index contributed by atoms with van der Waals surface area (Å²) in [6.07, 6.45) is 1.55. The minimum absolute atomic E-state index is 0.0715. The number of carbonyl (C=O) groups is 1. The zero-order chi connectivity index (χ0) is 36.5. The number of likely N-dealkylation sites (N-methyl/N-ethyl adjacent to an activating group) is 1. The van der Waals surface area contributed by atoms with E-state index in [1.165, 1.54) is 12.5 Å². The molecule has 1 saturated heterocycles. The van der Waals surface area contributed by atoms with Crippen molar-refractivity contribution in [3.63, 3.8) is 0 Å². The van der Waals surface area contributed by atoms with Crippen LogP contribution in [0.15, 0.2) is 42.5 Å². The molecular weight excluding hydrogens is 655 g/mol. The van der Waals surface area contributed by atoms with E-state index in [0.29, 0.717) is 59.3 Å². The first-order valence-electron chi connectivity index (χ1n) is 18.5. The molecular formula is C40H60ClFN4O4. The maximum absolute atomic E-state index is 15.1. The van der Waals surface area contributed by atoms with Crippen molar-refractivity contribution in [3.05, 3.63) is 70.0 Å². The quantitative estimate of drug-likeness (QED) is 0.205. The minimum atomic E-state index is -0.858. The summed E-state index contributed by atoms with van der Waals surface area (Å²) in [7, 11) is 4.12. The number of amides is 1. The van der Waals surface area contributed by atoms with Crippen LogP contribution in [0.25, 0.3) is 0 Å². The molecule has 3 saturated carbocycles. The van der Waals surface area contributed by atoms with Gasteiger partial charge in [-0.25, -0.2) is 4.39 Å². The average molecular weight is 715 g/mol. The third-order valence-corrected chi connectivity index (χ3v) is 12.4. The van der Waals surface area contributed by atoms with Crippen LogP contribution in [0, 0.1) is 40.8 Å². The Morgan fingerprint density at radius 1 is 1.12 bits per heavy atom. The molecule has 1 amide bonds. The largest absolute Gasteiger partial charge is 0.394 e. The zero-order valence-corrected chi connectivity index (χ0v) is 32.0. The van der Waals surface area contributed by atoms with Gasteiger partial charge in [-0.3, -0.25) is 14.5 Å². The van der Waals surface area contributed by atoms with Crippen LogP contribution in [0.2, 0.25) is 5.02 Å². The first-order valence-corrected chi connectivity index (χ1v) is 18.9. The number of fused-ring (bicyclic) bond motifs is 2. The first-order chi connectivity index (χ1) is 23.6. The van der Waals surface area contributed by atoms with Gasteiger partial charge in [-0.1, -0.05) is 76.6 Å². The molecule has 6 rings (SSSR count). The van der Waals surface area contributed by atoms with E-state index < -0.39 is 24.2 Å². The van der Waals surface area contributed by atoms with Crippen LogP contribution >= 0.6 is 11.6 Å². The monoisotopic (exact) mass is 714 g/mol. The molecule has 4 aliphatic rings. The van der Waals surface area contributed by atoms with Gasteiger partial charge in [0.25, 0.3) is 0 Å². The maximum atomic E-state index is 15.1. The lowest BCUT2D eigenvalue weighted by molar-refractivity contribution is -0.183. The molecule has 2 bridgehead atoms. The van der Waals surface area contributed by atoms with Crippen LogP contribution in [-0.4, -0.2) is 88.6 Å². The van der Waals surface area contributed by atoms with Crippen LogP contribution in [0.1, 0.15) is 77.5 Å². The molecule has 2 unspecified atom stereocenters. The van der Waals surface area contributed by atoms with Gasteiger partial charge in [0.2, 0.25) is 5.91 Å². The summed E-state index contributed by atoms with van der Waals surface area (Å²) in [5.74, 6) is 0.917. The summed E-state index contributed by atoms with van der Waals surface area (Å²) in [6, 6.07) is 12.5. The fraction of sp³-hybridized carbons (Fsp3) is 0.675. The summed E-state index contributed by atoms with van der Waals surface area (Å²) in [5, 5.41) is 26.6.